The Hall–Kier alpha value is -2.17. The van der Waals surface area contributed by atoms with Gasteiger partial charge in [0.2, 0.25) is 5.91 Å². The van der Waals surface area contributed by atoms with Crippen LogP contribution in [0.5, 0.6) is 0 Å². The van der Waals surface area contributed by atoms with Crippen LogP contribution in [-0.2, 0) is 4.79 Å². The first-order valence-electron chi connectivity index (χ1n) is 8.48. The molecule has 1 amide bonds. The van der Waals surface area contributed by atoms with Gasteiger partial charge in [0.05, 0.1) is 0 Å². The summed E-state index contributed by atoms with van der Waals surface area (Å²) in [6.07, 6.45) is 0. The highest BCUT2D eigenvalue weighted by molar-refractivity contribution is 5.95. The predicted molar refractivity (Wildman–Crippen MR) is 98.1 cm³/mol. The fourth-order valence-electron chi connectivity index (χ4n) is 3.09. The maximum Gasteiger partial charge on any atom is 0.246 e. The number of nitrogens with one attached hydrogen (secondary N) is 1. The molecular formula is C20H25N3O. The molecule has 1 atom stereocenters. The molecule has 1 fully saturated rings. The topological polar surface area (TPSA) is 35.6 Å². The summed E-state index contributed by atoms with van der Waals surface area (Å²) >= 11 is 0. The van der Waals surface area contributed by atoms with Gasteiger partial charge >= 0.3 is 0 Å². The summed E-state index contributed by atoms with van der Waals surface area (Å²) in [6.45, 7) is 5.82. The fourth-order valence-corrected chi connectivity index (χ4v) is 3.09. The van der Waals surface area contributed by atoms with Gasteiger partial charge in [0.1, 0.15) is 6.04 Å². The van der Waals surface area contributed by atoms with E-state index in [9.17, 15) is 4.79 Å². The van der Waals surface area contributed by atoms with Gasteiger partial charge in [-0.3, -0.25) is 9.69 Å². The first-order chi connectivity index (χ1) is 11.6. The van der Waals surface area contributed by atoms with Gasteiger partial charge in [0, 0.05) is 31.9 Å². The second-order valence-electron chi connectivity index (χ2n) is 6.51. The summed E-state index contributed by atoms with van der Waals surface area (Å²) in [4.78, 5) is 17.6. The van der Waals surface area contributed by atoms with Crippen LogP contribution in [-0.4, -0.2) is 48.9 Å². The second-order valence-corrected chi connectivity index (χ2v) is 6.51. The minimum Gasteiger partial charge on any atom is -0.324 e. The van der Waals surface area contributed by atoms with Gasteiger partial charge in [-0.2, -0.15) is 0 Å². The van der Waals surface area contributed by atoms with E-state index in [0.29, 0.717) is 0 Å². The first-order valence-corrected chi connectivity index (χ1v) is 8.48. The Morgan fingerprint density at radius 2 is 1.58 bits per heavy atom. The number of carbonyl (C=O) groups excluding carboxylic acids is 1. The lowest BCUT2D eigenvalue weighted by Crippen LogP contribution is -2.48. The SMILES string of the molecule is Cc1ccc(NC(=O)C(c2ccccc2)N2CCN(C)CC2)cc1. The monoisotopic (exact) mass is 323 g/mol. The maximum absolute atomic E-state index is 13.0. The van der Waals surface area contributed by atoms with Crippen LogP contribution >= 0.6 is 0 Å². The summed E-state index contributed by atoms with van der Waals surface area (Å²) in [5, 5.41) is 3.08. The largest absolute Gasteiger partial charge is 0.324 e. The van der Waals surface area contributed by atoms with E-state index in [4.69, 9.17) is 0 Å². The number of hydrogen-bond acceptors (Lipinski definition) is 3. The van der Waals surface area contributed by atoms with Crippen LogP contribution < -0.4 is 5.32 Å². The van der Waals surface area contributed by atoms with Gasteiger partial charge in [-0.1, -0.05) is 48.0 Å². The summed E-state index contributed by atoms with van der Waals surface area (Å²) in [5.41, 5.74) is 3.08. The highest BCUT2D eigenvalue weighted by Crippen LogP contribution is 2.24. The third-order valence-electron chi connectivity index (χ3n) is 4.59. The molecule has 1 heterocycles. The lowest BCUT2D eigenvalue weighted by atomic mass is 10.0. The van der Waals surface area contributed by atoms with Gasteiger partial charge in [-0.15, -0.1) is 0 Å². The lowest BCUT2D eigenvalue weighted by molar-refractivity contribution is -0.122. The van der Waals surface area contributed by atoms with Crippen LogP contribution in [0.2, 0.25) is 0 Å². The molecule has 0 radical (unpaired) electrons. The van der Waals surface area contributed by atoms with Crippen LogP contribution in [0.1, 0.15) is 17.2 Å². The number of nitrogens with zero attached hydrogens (tertiary/aromatic N) is 2. The van der Waals surface area contributed by atoms with Crippen LogP contribution in [0.3, 0.4) is 0 Å². The van der Waals surface area contributed by atoms with Crippen molar-refractivity contribution in [3.05, 3.63) is 65.7 Å². The summed E-state index contributed by atoms with van der Waals surface area (Å²) in [6, 6.07) is 17.8. The van der Waals surface area contributed by atoms with Gasteiger partial charge in [0.15, 0.2) is 0 Å². The molecule has 4 nitrogen and oxygen atoms in total. The molecule has 2 aromatic carbocycles. The number of benzene rings is 2. The number of rotatable bonds is 4. The zero-order chi connectivity index (χ0) is 16.9. The molecule has 2 aromatic rings. The van der Waals surface area contributed by atoms with Crippen molar-refractivity contribution in [1.82, 2.24) is 9.80 Å². The Morgan fingerprint density at radius 3 is 2.21 bits per heavy atom. The van der Waals surface area contributed by atoms with Crippen molar-refractivity contribution in [2.75, 3.05) is 38.5 Å². The molecule has 4 heteroatoms. The van der Waals surface area contributed by atoms with Crippen molar-refractivity contribution >= 4 is 11.6 Å². The van der Waals surface area contributed by atoms with E-state index >= 15 is 0 Å². The van der Waals surface area contributed by atoms with E-state index in [1.165, 1.54) is 5.56 Å². The summed E-state index contributed by atoms with van der Waals surface area (Å²) < 4.78 is 0. The average Bonchev–Trinajstić information content (AvgIpc) is 2.60. The molecule has 0 saturated carbocycles. The van der Waals surface area contributed by atoms with E-state index < -0.39 is 0 Å². The van der Waals surface area contributed by atoms with Gasteiger partial charge in [-0.05, 0) is 31.7 Å². The number of carbonyl (C=O) groups is 1. The highest BCUT2D eigenvalue weighted by atomic mass is 16.2. The maximum atomic E-state index is 13.0. The minimum atomic E-state index is -0.249. The quantitative estimate of drug-likeness (QED) is 0.940. The van der Waals surface area contributed by atoms with E-state index in [-0.39, 0.29) is 11.9 Å². The Bertz CT molecular complexity index is 661. The molecule has 1 aliphatic heterocycles. The van der Waals surface area contributed by atoms with Gasteiger partial charge < -0.3 is 10.2 Å². The predicted octanol–water partition coefficient (Wildman–Crippen LogP) is 2.92. The molecule has 126 valence electrons. The standard InChI is InChI=1S/C20H25N3O/c1-16-8-10-18(11-9-16)21-20(24)19(17-6-4-3-5-7-17)23-14-12-22(2)13-15-23/h3-11,19H,12-15H2,1-2H3,(H,21,24). The van der Waals surface area contributed by atoms with E-state index in [1.807, 2.05) is 61.5 Å². The van der Waals surface area contributed by atoms with E-state index in [0.717, 1.165) is 37.4 Å². The van der Waals surface area contributed by atoms with Gasteiger partial charge in [-0.25, -0.2) is 0 Å². The number of likely N-dealkylation sites (N-methyl/N-ethyl adjacent to an activating group) is 1. The third kappa shape index (κ3) is 4.02. The van der Waals surface area contributed by atoms with E-state index in [1.54, 1.807) is 0 Å². The van der Waals surface area contributed by atoms with Crippen molar-refractivity contribution in [3.8, 4) is 0 Å². The molecule has 24 heavy (non-hydrogen) atoms. The van der Waals surface area contributed by atoms with Crippen LogP contribution in [0.25, 0.3) is 0 Å². The zero-order valence-corrected chi connectivity index (χ0v) is 14.4. The second kappa shape index (κ2) is 7.60. The van der Waals surface area contributed by atoms with Crippen molar-refractivity contribution in [2.24, 2.45) is 0 Å². The van der Waals surface area contributed by atoms with Crippen molar-refractivity contribution in [2.45, 2.75) is 13.0 Å². The average molecular weight is 323 g/mol. The number of amides is 1. The van der Waals surface area contributed by atoms with Crippen molar-refractivity contribution in [3.63, 3.8) is 0 Å². The summed E-state index contributed by atoms with van der Waals surface area (Å²) in [7, 11) is 2.13. The fraction of sp³-hybridized carbons (Fsp3) is 0.350. The van der Waals surface area contributed by atoms with Crippen LogP contribution in [0.15, 0.2) is 54.6 Å². The molecule has 0 bridgehead atoms. The molecule has 3 rings (SSSR count). The highest BCUT2D eigenvalue weighted by Gasteiger charge is 2.29. The summed E-state index contributed by atoms with van der Waals surface area (Å²) in [5.74, 6) is 0.0367. The van der Waals surface area contributed by atoms with Crippen molar-refractivity contribution in [1.29, 1.82) is 0 Å². The molecule has 0 aromatic heterocycles. The first kappa shape index (κ1) is 16.7. The molecule has 0 spiro atoms. The molecule has 1 saturated heterocycles. The Balaban J connectivity index is 1.81. The normalized spacial score (nSPS) is 17.4. The zero-order valence-electron chi connectivity index (χ0n) is 14.4. The molecule has 0 aliphatic carbocycles. The van der Waals surface area contributed by atoms with Crippen molar-refractivity contribution < 1.29 is 4.79 Å². The number of aryl methyl sites for hydroxylation is 1. The minimum absolute atomic E-state index is 0.0367. The number of hydrogen-bond donors (Lipinski definition) is 1. The molecule has 1 unspecified atom stereocenters. The van der Waals surface area contributed by atoms with E-state index in [2.05, 4.69) is 22.2 Å². The van der Waals surface area contributed by atoms with Crippen LogP contribution in [0, 0.1) is 6.92 Å². The smallest absolute Gasteiger partial charge is 0.246 e. The Labute approximate surface area is 144 Å². The Kier molecular flexibility index (Phi) is 5.28. The number of piperazine rings is 1. The van der Waals surface area contributed by atoms with Gasteiger partial charge in [0.25, 0.3) is 0 Å². The molecule has 1 aliphatic rings. The third-order valence-corrected chi connectivity index (χ3v) is 4.59. The van der Waals surface area contributed by atoms with Crippen LogP contribution in [0.4, 0.5) is 5.69 Å². The Morgan fingerprint density at radius 1 is 0.958 bits per heavy atom. The molecule has 1 N–H and O–H groups in total. The lowest BCUT2D eigenvalue weighted by Gasteiger charge is -2.37. The molecular weight excluding hydrogens is 298 g/mol. The number of anilines is 1.